The van der Waals surface area contributed by atoms with Crippen LogP contribution in [0.3, 0.4) is 0 Å². The van der Waals surface area contributed by atoms with Crippen molar-refractivity contribution in [3.8, 4) is 5.75 Å². The maximum Gasteiger partial charge on any atom is 0.258 e. The average Bonchev–Trinajstić information content (AvgIpc) is 3.69. The number of carbonyl (C=O) groups is 1. The van der Waals surface area contributed by atoms with Crippen LogP contribution in [0.15, 0.2) is 47.4 Å². The summed E-state index contributed by atoms with van der Waals surface area (Å²) < 4.78 is 19.3. The summed E-state index contributed by atoms with van der Waals surface area (Å²) in [4.78, 5) is 15.1. The smallest absolute Gasteiger partial charge is 0.258 e. The van der Waals surface area contributed by atoms with E-state index in [1.807, 2.05) is 25.8 Å². The zero-order valence-corrected chi connectivity index (χ0v) is 20.6. The van der Waals surface area contributed by atoms with Crippen LogP contribution in [0.4, 0.5) is 4.39 Å². The first-order valence-corrected chi connectivity index (χ1v) is 12.2. The van der Waals surface area contributed by atoms with Crippen molar-refractivity contribution in [1.82, 2.24) is 10.2 Å². The van der Waals surface area contributed by atoms with Crippen molar-refractivity contribution in [1.29, 1.82) is 0 Å². The molecule has 1 aliphatic heterocycles. The highest BCUT2D eigenvalue weighted by molar-refractivity contribution is 5.96. The number of allylic oxidation sites excluding steroid dienone is 3. The molecule has 1 saturated carbocycles. The van der Waals surface area contributed by atoms with Gasteiger partial charge in [0.1, 0.15) is 11.6 Å². The van der Waals surface area contributed by atoms with Gasteiger partial charge >= 0.3 is 0 Å². The maximum atomic E-state index is 14.1. The third-order valence-corrected chi connectivity index (χ3v) is 6.26. The maximum absolute atomic E-state index is 14.1. The van der Waals surface area contributed by atoms with Gasteiger partial charge in [-0.25, -0.2) is 4.39 Å². The molecule has 2 aliphatic carbocycles. The molecular weight excluding hydrogens is 403 g/mol. The quantitative estimate of drug-likeness (QED) is 0.479. The summed E-state index contributed by atoms with van der Waals surface area (Å²) in [6, 6.07) is 7.21. The summed E-state index contributed by atoms with van der Waals surface area (Å²) in [5.74, 6) is 0.647. The van der Waals surface area contributed by atoms with Crippen molar-refractivity contribution in [3.05, 3.63) is 53.0 Å². The number of hydrogen-bond donors (Lipinski definition) is 1. The molecule has 32 heavy (non-hydrogen) atoms. The van der Waals surface area contributed by atoms with Gasteiger partial charge in [0.05, 0.1) is 7.11 Å². The Balaban J connectivity index is 0.000000653. The second kappa shape index (κ2) is 12.8. The summed E-state index contributed by atoms with van der Waals surface area (Å²) >= 11 is 0. The second-order valence-electron chi connectivity index (χ2n) is 8.47. The highest BCUT2D eigenvalue weighted by Gasteiger charge is 2.45. The first kappa shape index (κ1) is 26.1. The predicted molar refractivity (Wildman–Crippen MR) is 131 cm³/mol. The molecule has 1 aromatic rings. The fourth-order valence-electron chi connectivity index (χ4n) is 4.29. The van der Waals surface area contributed by atoms with Crippen molar-refractivity contribution < 1.29 is 13.9 Å². The molecule has 1 heterocycles. The van der Waals surface area contributed by atoms with E-state index < -0.39 is 0 Å². The standard InChI is InChI=1S/C22H29FN2O2.C3H6.C2H6/c1-4-22(12-5-13-24-2)15-25(20-11-8-17(23)14-19(20)22)21(26)16-6-9-18(27-3)10-7-16;1-2-3-1;1-2/h6-7,9-10,14,24H,4-5,8,11-13,15H2,1-3H3;1-3H2;1-2H3. The summed E-state index contributed by atoms with van der Waals surface area (Å²) in [5, 5.41) is 3.19. The molecule has 0 saturated heterocycles. The van der Waals surface area contributed by atoms with Crippen LogP contribution in [0.2, 0.25) is 0 Å². The Morgan fingerprint density at radius 2 is 1.81 bits per heavy atom. The number of methoxy groups -OCH3 is 1. The zero-order chi connectivity index (χ0) is 23.6. The number of hydrogen-bond acceptors (Lipinski definition) is 3. The summed E-state index contributed by atoms with van der Waals surface area (Å²) in [5.41, 5.74) is 2.52. The van der Waals surface area contributed by atoms with Crippen molar-refractivity contribution in [2.75, 3.05) is 27.2 Å². The van der Waals surface area contributed by atoms with Gasteiger partial charge in [0.25, 0.3) is 5.91 Å². The normalized spacial score (nSPS) is 20.9. The van der Waals surface area contributed by atoms with Crippen LogP contribution >= 0.6 is 0 Å². The van der Waals surface area contributed by atoms with Crippen LogP contribution in [0.1, 0.15) is 82.5 Å². The Kier molecular flexibility index (Phi) is 10.4. The molecule has 0 bridgehead atoms. The van der Waals surface area contributed by atoms with Crippen molar-refractivity contribution in [2.24, 2.45) is 5.41 Å². The Hall–Kier alpha value is -2.14. The molecule has 1 aromatic carbocycles. The molecule has 1 atom stereocenters. The van der Waals surface area contributed by atoms with E-state index in [1.165, 1.54) is 19.3 Å². The van der Waals surface area contributed by atoms with E-state index in [4.69, 9.17) is 4.74 Å². The average molecular weight is 445 g/mol. The molecule has 0 aromatic heterocycles. The van der Waals surface area contributed by atoms with Gasteiger partial charge in [-0.05, 0) is 75.2 Å². The summed E-state index contributed by atoms with van der Waals surface area (Å²) in [6.45, 7) is 7.70. The molecule has 3 aliphatic rings. The van der Waals surface area contributed by atoms with Gasteiger partial charge in [-0.1, -0.05) is 40.0 Å². The monoisotopic (exact) mass is 444 g/mol. The highest BCUT2D eigenvalue weighted by atomic mass is 19.1. The van der Waals surface area contributed by atoms with E-state index in [0.29, 0.717) is 24.9 Å². The van der Waals surface area contributed by atoms with Gasteiger partial charge < -0.3 is 15.0 Å². The van der Waals surface area contributed by atoms with Crippen LogP contribution in [0, 0.1) is 5.41 Å². The fraction of sp³-hybridized carbons (Fsp3) is 0.593. The van der Waals surface area contributed by atoms with E-state index in [1.54, 1.807) is 37.5 Å². The van der Waals surface area contributed by atoms with Crippen molar-refractivity contribution in [2.45, 2.75) is 72.1 Å². The van der Waals surface area contributed by atoms with Gasteiger partial charge in [-0.3, -0.25) is 4.79 Å². The lowest BCUT2D eigenvalue weighted by molar-refractivity contribution is 0.0778. The molecule has 1 unspecified atom stereocenters. The number of nitrogens with zero attached hydrogens (tertiary/aromatic N) is 1. The topological polar surface area (TPSA) is 41.6 Å². The lowest BCUT2D eigenvalue weighted by Crippen LogP contribution is -2.34. The fourth-order valence-corrected chi connectivity index (χ4v) is 4.29. The molecule has 0 spiro atoms. The van der Waals surface area contributed by atoms with Crippen LogP contribution in [0.5, 0.6) is 5.75 Å². The van der Waals surface area contributed by atoms with E-state index in [9.17, 15) is 9.18 Å². The minimum Gasteiger partial charge on any atom is -0.497 e. The predicted octanol–water partition coefficient (Wildman–Crippen LogP) is 6.64. The number of amides is 1. The van der Waals surface area contributed by atoms with Crippen molar-refractivity contribution >= 4 is 5.91 Å². The van der Waals surface area contributed by atoms with Crippen molar-refractivity contribution in [3.63, 3.8) is 0 Å². The van der Waals surface area contributed by atoms with E-state index in [-0.39, 0.29) is 17.1 Å². The molecule has 4 nitrogen and oxygen atoms in total. The number of benzene rings is 1. The zero-order valence-electron chi connectivity index (χ0n) is 20.6. The number of ether oxygens (including phenoxy) is 1. The number of nitrogens with one attached hydrogen (secondary N) is 1. The molecule has 1 N–H and O–H groups in total. The minimum absolute atomic E-state index is 0.00944. The van der Waals surface area contributed by atoms with Gasteiger partial charge in [0.15, 0.2) is 0 Å². The number of halogens is 1. The summed E-state index contributed by atoms with van der Waals surface area (Å²) in [7, 11) is 3.55. The first-order chi connectivity index (χ1) is 15.5. The molecule has 1 amide bonds. The van der Waals surface area contributed by atoms with Crippen LogP contribution < -0.4 is 10.1 Å². The van der Waals surface area contributed by atoms with Crippen LogP contribution in [0.25, 0.3) is 0 Å². The van der Waals surface area contributed by atoms with Gasteiger partial charge in [-0.2, -0.15) is 0 Å². The molecule has 0 radical (unpaired) electrons. The molecule has 178 valence electrons. The SMILES string of the molecule is C1CC1.CC.CCC1(CCCNC)CN(C(=O)c2ccc(OC)cc2)C2=C1C=C(F)CC2. The lowest BCUT2D eigenvalue weighted by atomic mass is 9.74. The summed E-state index contributed by atoms with van der Waals surface area (Å²) in [6.07, 6.45) is 10.0. The number of carbonyl (C=O) groups excluding carboxylic acids is 1. The third-order valence-electron chi connectivity index (χ3n) is 6.26. The van der Waals surface area contributed by atoms with E-state index in [2.05, 4.69) is 12.2 Å². The van der Waals surface area contributed by atoms with Gasteiger partial charge in [-0.15, -0.1) is 0 Å². The van der Waals surface area contributed by atoms with Crippen LogP contribution in [-0.4, -0.2) is 38.1 Å². The Morgan fingerprint density at radius 3 is 2.34 bits per heavy atom. The Bertz CT molecular complexity index is 796. The second-order valence-corrected chi connectivity index (χ2v) is 8.47. The van der Waals surface area contributed by atoms with E-state index >= 15 is 0 Å². The van der Waals surface area contributed by atoms with Gasteiger partial charge in [0.2, 0.25) is 0 Å². The Morgan fingerprint density at radius 1 is 1.16 bits per heavy atom. The van der Waals surface area contributed by atoms with Crippen LogP contribution in [-0.2, 0) is 0 Å². The Labute approximate surface area is 193 Å². The number of rotatable bonds is 7. The molecule has 5 heteroatoms. The molecule has 4 rings (SSSR count). The first-order valence-electron chi connectivity index (χ1n) is 12.2. The third kappa shape index (κ3) is 6.44. The minimum atomic E-state index is -0.161. The highest BCUT2D eigenvalue weighted by Crippen LogP contribution is 2.50. The van der Waals surface area contributed by atoms with Gasteiger partial charge in [0, 0.05) is 29.6 Å². The largest absolute Gasteiger partial charge is 0.497 e. The molecular formula is C27H41FN2O2. The lowest BCUT2D eigenvalue weighted by Gasteiger charge is -2.31. The van der Waals surface area contributed by atoms with E-state index in [0.717, 1.165) is 42.8 Å². The molecule has 1 fully saturated rings.